The van der Waals surface area contributed by atoms with Crippen LogP contribution in [0.4, 0.5) is 5.82 Å². The maximum Gasteiger partial charge on any atom is 0.305 e. The molecule has 2 aromatic carbocycles. The van der Waals surface area contributed by atoms with Gasteiger partial charge in [-0.1, -0.05) is 42.5 Å². The second-order valence-electron chi connectivity index (χ2n) is 7.81. The highest BCUT2D eigenvalue weighted by molar-refractivity contribution is 5.94. The summed E-state index contributed by atoms with van der Waals surface area (Å²) < 4.78 is 1.79. The molecule has 7 nitrogen and oxygen atoms in total. The number of benzene rings is 2. The lowest BCUT2D eigenvalue weighted by Gasteiger charge is -2.19. The number of hydrogen-bond donors (Lipinski definition) is 2. The summed E-state index contributed by atoms with van der Waals surface area (Å²) in [5, 5.41) is 16.9. The zero-order chi connectivity index (χ0) is 21.8. The molecule has 1 amide bonds. The Morgan fingerprint density at radius 2 is 1.74 bits per heavy atom. The Morgan fingerprint density at radius 3 is 2.42 bits per heavy atom. The van der Waals surface area contributed by atoms with Crippen molar-refractivity contribution in [1.29, 1.82) is 0 Å². The highest BCUT2D eigenvalue weighted by Gasteiger charge is 2.25. The molecule has 0 saturated carbocycles. The first-order chi connectivity index (χ1) is 15.0. The molecule has 1 aromatic heterocycles. The van der Waals surface area contributed by atoms with E-state index < -0.39 is 12.0 Å². The molecule has 0 spiro atoms. The Balaban J connectivity index is 1.65. The molecule has 3 aromatic rings. The van der Waals surface area contributed by atoms with E-state index in [1.54, 1.807) is 10.7 Å². The van der Waals surface area contributed by atoms with E-state index in [1.807, 2.05) is 61.5 Å². The van der Waals surface area contributed by atoms with Gasteiger partial charge in [0.05, 0.1) is 18.2 Å². The molecule has 160 valence electrons. The predicted molar refractivity (Wildman–Crippen MR) is 119 cm³/mol. The molecule has 31 heavy (non-hydrogen) atoms. The third-order valence-electron chi connectivity index (χ3n) is 5.60. The molecule has 1 unspecified atom stereocenters. The fraction of sp³-hybridized carbons (Fsp3) is 0.292. The van der Waals surface area contributed by atoms with Crippen LogP contribution in [0.3, 0.4) is 0 Å². The van der Waals surface area contributed by atoms with E-state index in [4.69, 9.17) is 0 Å². The molecule has 1 saturated heterocycles. The van der Waals surface area contributed by atoms with Crippen LogP contribution in [0, 0.1) is 6.92 Å². The van der Waals surface area contributed by atoms with Crippen molar-refractivity contribution in [3.63, 3.8) is 0 Å². The van der Waals surface area contributed by atoms with Crippen LogP contribution in [0.2, 0.25) is 0 Å². The molecule has 1 atom stereocenters. The van der Waals surface area contributed by atoms with Crippen molar-refractivity contribution >= 4 is 17.7 Å². The van der Waals surface area contributed by atoms with E-state index in [9.17, 15) is 14.7 Å². The first kappa shape index (κ1) is 20.7. The summed E-state index contributed by atoms with van der Waals surface area (Å²) in [6.07, 6.45) is 2.01. The van der Waals surface area contributed by atoms with E-state index >= 15 is 0 Å². The number of carboxylic acid groups (broad SMARTS) is 1. The summed E-state index contributed by atoms with van der Waals surface area (Å²) in [5.74, 6) is -0.481. The average Bonchev–Trinajstić information content (AvgIpc) is 3.44. The number of aryl methyl sites for hydroxylation is 1. The number of para-hydroxylation sites is 1. The van der Waals surface area contributed by atoms with E-state index in [0.717, 1.165) is 48.6 Å². The fourth-order valence-electron chi connectivity index (χ4n) is 4.04. The van der Waals surface area contributed by atoms with Crippen molar-refractivity contribution in [3.05, 3.63) is 77.5 Å². The quantitative estimate of drug-likeness (QED) is 0.611. The predicted octanol–water partition coefficient (Wildman–Crippen LogP) is 3.73. The Hall–Kier alpha value is -3.61. The molecule has 1 aliphatic heterocycles. The Bertz CT molecular complexity index is 1070. The summed E-state index contributed by atoms with van der Waals surface area (Å²) in [7, 11) is 0. The number of nitrogens with zero attached hydrogens (tertiary/aromatic N) is 3. The number of hydrogen-bond acceptors (Lipinski definition) is 4. The van der Waals surface area contributed by atoms with E-state index in [-0.39, 0.29) is 18.0 Å². The molecule has 4 rings (SSSR count). The highest BCUT2D eigenvalue weighted by Crippen LogP contribution is 2.26. The maximum atomic E-state index is 13.1. The first-order valence-electron chi connectivity index (χ1n) is 10.5. The molecule has 0 aliphatic carbocycles. The van der Waals surface area contributed by atoms with Gasteiger partial charge in [-0.3, -0.25) is 9.59 Å². The number of carboxylic acids is 1. The van der Waals surface area contributed by atoms with Gasteiger partial charge in [-0.2, -0.15) is 5.10 Å². The highest BCUT2D eigenvalue weighted by atomic mass is 16.4. The molecule has 7 heteroatoms. The van der Waals surface area contributed by atoms with Crippen LogP contribution in [-0.4, -0.2) is 39.9 Å². The molecule has 2 heterocycles. The Morgan fingerprint density at radius 1 is 1.06 bits per heavy atom. The topological polar surface area (TPSA) is 87.5 Å². The van der Waals surface area contributed by atoms with Gasteiger partial charge in [0.2, 0.25) is 0 Å². The number of rotatable bonds is 7. The lowest BCUT2D eigenvalue weighted by atomic mass is 9.98. The molecule has 1 aliphatic rings. The number of nitrogens with one attached hydrogen (secondary N) is 1. The number of carbonyl (C=O) groups excluding carboxylic acids is 1. The lowest BCUT2D eigenvalue weighted by Crippen LogP contribution is -2.31. The van der Waals surface area contributed by atoms with Crippen LogP contribution in [0.1, 0.15) is 46.9 Å². The molecule has 0 radical (unpaired) electrons. The van der Waals surface area contributed by atoms with E-state index in [2.05, 4.69) is 15.3 Å². The van der Waals surface area contributed by atoms with Crippen LogP contribution in [0.15, 0.2) is 60.7 Å². The summed E-state index contributed by atoms with van der Waals surface area (Å²) in [6.45, 7) is 3.75. The van der Waals surface area contributed by atoms with Gasteiger partial charge in [-0.05, 0) is 43.0 Å². The van der Waals surface area contributed by atoms with Crippen molar-refractivity contribution in [2.75, 3.05) is 18.0 Å². The average molecular weight is 418 g/mol. The first-order valence-corrected chi connectivity index (χ1v) is 10.5. The van der Waals surface area contributed by atoms with Gasteiger partial charge in [-0.25, -0.2) is 4.68 Å². The Kier molecular flexibility index (Phi) is 6.02. The number of anilines is 1. The van der Waals surface area contributed by atoms with Gasteiger partial charge >= 0.3 is 5.97 Å². The van der Waals surface area contributed by atoms with Gasteiger partial charge in [0.1, 0.15) is 5.82 Å². The number of aromatic nitrogens is 2. The molecule has 1 fully saturated rings. The van der Waals surface area contributed by atoms with Gasteiger partial charge in [0, 0.05) is 19.2 Å². The van der Waals surface area contributed by atoms with Crippen molar-refractivity contribution in [3.8, 4) is 5.69 Å². The third kappa shape index (κ3) is 4.60. The van der Waals surface area contributed by atoms with Crippen LogP contribution < -0.4 is 10.2 Å². The van der Waals surface area contributed by atoms with E-state index in [1.165, 1.54) is 0 Å². The summed E-state index contributed by atoms with van der Waals surface area (Å²) >= 11 is 0. The van der Waals surface area contributed by atoms with Gasteiger partial charge in [0.25, 0.3) is 5.91 Å². The van der Waals surface area contributed by atoms with Crippen LogP contribution in [0.5, 0.6) is 0 Å². The van der Waals surface area contributed by atoms with Gasteiger partial charge < -0.3 is 15.3 Å². The van der Waals surface area contributed by atoms with Gasteiger partial charge in [-0.15, -0.1) is 0 Å². The van der Waals surface area contributed by atoms with Gasteiger partial charge in [0.15, 0.2) is 5.69 Å². The molecule has 2 N–H and O–H groups in total. The summed E-state index contributed by atoms with van der Waals surface area (Å²) in [5.41, 5.74) is 2.88. The number of carbonyl (C=O) groups is 2. The third-order valence-corrected chi connectivity index (χ3v) is 5.60. The normalized spacial score (nSPS) is 14.4. The van der Waals surface area contributed by atoms with Crippen molar-refractivity contribution in [1.82, 2.24) is 15.1 Å². The van der Waals surface area contributed by atoms with Crippen molar-refractivity contribution in [2.45, 2.75) is 32.2 Å². The minimum atomic E-state index is -0.971. The molecule has 0 bridgehead atoms. The Labute approximate surface area is 181 Å². The second-order valence-corrected chi connectivity index (χ2v) is 7.81. The molecular weight excluding hydrogens is 392 g/mol. The SMILES string of the molecule is Cc1ccccc1C(CC(=O)O)NC(=O)c1cc(N2CCCC2)n(-c2ccccc2)n1. The lowest BCUT2D eigenvalue weighted by molar-refractivity contribution is -0.137. The minimum absolute atomic E-state index is 0.199. The number of aliphatic carboxylic acids is 1. The summed E-state index contributed by atoms with van der Waals surface area (Å²) in [6, 6.07) is 18.4. The van der Waals surface area contributed by atoms with E-state index in [0.29, 0.717) is 0 Å². The van der Waals surface area contributed by atoms with Crippen molar-refractivity contribution < 1.29 is 14.7 Å². The zero-order valence-corrected chi connectivity index (χ0v) is 17.5. The van der Waals surface area contributed by atoms with Crippen LogP contribution in [-0.2, 0) is 4.79 Å². The standard InChI is InChI=1S/C24H26N4O3/c1-17-9-5-6-12-19(17)20(16-23(29)30)25-24(31)21-15-22(27-13-7-8-14-27)28(26-21)18-10-3-2-4-11-18/h2-6,9-12,15,20H,7-8,13-14,16H2,1H3,(H,25,31)(H,29,30). The smallest absolute Gasteiger partial charge is 0.305 e. The van der Waals surface area contributed by atoms with Crippen molar-refractivity contribution in [2.24, 2.45) is 0 Å². The monoisotopic (exact) mass is 418 g/mol. The second kappa shape index (κ2) is 9.04. The maximum absolute atomic E-state index is 13.1. The molecular formula is C24H26N4O3. The largest absolute Gasteiger partial charge is 0.481 e. The number of amides is 1. The minimum Gasteiger partial charge on any atom is -0.481 e. The zero-order valence-electron chi connectivity index (χ0n) is 17.5. The fourth-order valence-corrected chi connectivity index (χ4v) is 4.04. The van der Waals surface area contributed by atoms with Crippen LogP contribution >= 0.6 is 0 Å². The summed E-state index contributed by atoms with van der Waals surface area (Å²) in [4.78, 5) is 26.8. The van der Waals surface area contributed by atoms with Crippen LogP contribution in [0.25, 0.3) is 5.69 Å².